The number of hydrogen-bond donors (Lipinski definition) is 1. The summed E-state index contributed by atoms with van der Waals surface area (Å²) in [7, 11) is 0. The molecular weight excluding hydrogens is 437 g/mol. The van der Waals surface area contributed by atoms with Crippen molar-refractivity contribution < 1.29 is 19.0 Å². The Balaban J connectivity index is 1.84. The Bertz CT molecular complexity index is 1070. The monoisotopic (exact) mass is 467 g/mol. The molecule has 1 aromatic heterocycles. The molecule has 3 aromatic rings. The van der Waals surface area contributed by atoms with Gasteiger partial charge in [-0.15, -0.1) is 11.3 Å². The van der Waals surface area contributed by atoms with Gasteiger partial charge in [-0.25, -0.2) is 9.18 Å². The number of fused-ring (bicyclic) bond motifs is 1. The molecule has 2 aromatic carbocycles. The van der Waals surface area contributed by atoms with Gasteiger partial charge in [-0.3, -0.25) is 0 Å². The number of esters is 1. The van der Waals surface area contributed by atoms with Crippen LogP contribution in [-0.4, -0.2) is 35.1 Å². The van der Waals surface area contributed by atoms with E-state index in [1.807, 2.05) is 23.6 Å². The van der Waals surface area contributed by atoms with Crippen LogP contribution in [0.5, 0.6) is 0 Å². The molecule has 4 nitrogen and oxygen atoms in total. The van der Waals surface area contributed by atoms with E-state index in [1.165, 1.54) is 23.5 Å². The molecule has 0 aliphatic heterocycles. The highest BCUT2D eigenvalue weighted by Gasteiger charge is 2.46. The number of aliphatic hydroxyl groups is 1. The number of aryl methyl sites for hydroxylation is 1. The molecule has 1 heterocycles. The predicted octanol–water partition coefficient (Wildman–Crippen LogP) is 5.45. The molecule has 174 valence electrons. The van der Waals surface area contributed by atoms with Crippen LogP contribution in [0.25, 0.3) is 0 Å². The summed E-state index contributed by atoms with van der Waals surface area (Å²) in [6, 6.07) is 17.5. The van der Waals surface area contributed by atoms with Crippen molar-refractivity contribution in [3.63, 3.8) is 0 Å². The van der Waals surface area contributed by atoms with Gasteiger partial charge in [-0.1, -0.05) is 56.3 Å². The molecule has 0 fully saturated rings. The number of carbonyl (C=O) groups is 1. The second-order valence-corrected chi connectivity index (χ2v) is 9.41. The fourth-order valence-electron chi connectivity index (χ4n) is 4.95. The van der Waals surface area contributed by atoms with Crippen LogP contribution < -0.4 is 0 Å². The Morgan fingerprint density at radius 3 is 2.61 bits per heavy atom. The normalized spacial score (nSPS) is 21.3. The predicted molar refractivity (Wildman–Crippen MR) is 129 cm³/mol. The zero-order valence-electron chi connectivity index (χ0n) is 19.0. The van der Waals surface area contributed by atoms with Crippen molar-refractivity contribution in [3.05, 3.63) is 93.4 Å². The Morgan fingerprint density at radius 2 is 1.94 bits per heavy atom. The van der Waals surface area contributed by atoms with E-state index in [0.29, 0.717) is 17.5 Å². The van der Waals surface area contributed by atoms with Crippen molar-refractivity contribution in [3.8, 4) is 0 Å². The lowest BCUT2D eigenvalue weighted by molar-refractivity contribution is -0.169. The molecule has 1 unspecified atom stereocenters. The summed E-state index contributed by atoms with van der Waals surface area (Å²) in [4.78, 5) is 16.6. The number of carbonyl (C=O) groups excluding carboxylic acids is 1. The van der Waals surface area contributed by atoms with Crippen molar-refractivity contribution in [1.29, 1.82) is 0 Å². The Hall–Kier alpha value is -2.54. The second kappa shape index (κ2) is 10.2. The molecule has 3 atom stereocenters. The molecule has 0 amide bonds. The minimum atomic E-state index is -1.42. The number of aliphatic hydroxyl groups excluding tert-OH is 1. The van der Waals surface area contributed by atoms with Crippen molar-refractivity contribution >= 4 is 17.3 Å². The molecule has 1 aliphatic rings. The van der Waals surface area contributed by atoms with Gasteiger partial charge in [0.25, 0.3) is 0 Å². The van der Waals surface area contributed by atoms with Crippen molar-refractivity contribution in [2.45, 2.75) is 50.9 Å². The maximum atomic E-state index is 14.6. The molecule has 0 saturated carbocycles. The molecule has 0 bridgehead atoms. The molecule has 4 rings (SSSR count). The smallest absolute Gasteiger partial charge is 0.340 e. The van der Waals surface area contributed by atoms with Crippen LogP contribution in [0.2, 0.25) is 0 Å². The average Bonchev–Trinajstić information content (AvgIpc) is 3.34. The summed E-state index contributed by atoms with van der Waals surface area (Å²) in [6.45, 7) is 5.98. The lowest BCUT2D eigenvalue weighted by atomic mass is 9.84. The Morgan fingerprint density at radius 1 is 1.18 bits per heavy atom. The number of rotatable bonds is 7. The Labute approximate surface area is 198 Å². The maximum absolute atomic E-state index is 14.6. The van der Waals surface area contributed by atoms with E-state index in [2.05, 4.69) is 18.7 Å². The number of thiophene rings is 1. The molecule has 6 heteroatoms. The number of ether oxygens (including phenoxy) is 1. The van der Waals surface area contributed by atoms with Crippen LogP contribution in [0.1, 0.15) is 54.4 Å². The van der Waals surface area contributed by atoms with Crippen LogP contribution in [0.4, 0.5) is 4.39 Å². The zero-order valence-corrected chi connectivity index (χ0v) is 19.9. The number of hydrogen-bond acceptors (Lipinski definition) is 5. The summed E-state index contributed by atoms with van der Waals surface area (Å²) in [5.74, 6) is -1.10. The quantitative estimate of drug-likeness (QED) is 0.371. The van der Waals surface area contributed by atoms with E-state index in [9.17, 15) is 14.3 Å². The second-order valence-electron chi connectivity index (χ2n) is 8.46. The van der Waals surface area contributed by atoms with Crippen LogP contribution in [0.3, 0.4) is 0 Å². The summed E-state index contributed by atoms with van der Waals surface area (Å²) in [6.07, 6.45) is 0.726. The van der Waals surface area contributed by atoms with Gasteiger partial charge in [0.15, 0.2) is 11.7 Å². The molecule has 1 aliphatic carbocycles. The SMILES string of the molecule is CCN(CC)[C@@H]1CCc2ccc(F)cc2[C@@](OC(=O)C(O)c2ccccc2)(c2cccs2)C1. The van der Waals surface area contributed by atoms with Gasteiger partial charge < -0.3 is 14.7 Å². The van der Waals surface area contributed by atoms with Crippen LogP contribution >= 0.6 is 11.3 Å². The van der Waals surface area contributed by atoms with Crippen molar-refractivity contribution in [1.82, 2.24) is 4.90 Å². The van der Waals surface area contributed by atoms with Gasteiger partial charge in [0.2, 0.25) is 0 Å². The van der Waals surface area contributed by atoms with E-state index >= 15 is 0 Å². The summed E-state index contributed by atoms with van der Waals surface area (Å²) < 4.78 is 20.9. The highest BCUT2D eigenvalue weighted by Crippen LogP contribution is 2.46. The molecule has 0 radical (unpaired) electrons. The first-order valence-corrected chi connectivity index (χ1v) is 12.4. The molecule has 0 saturated heterocycles. The van der Waals surface area contributed by atoms with Gasteiger partial charge in [0, 0.05) is 18.0 Å². The van der Waals surface area contributed by atoms with Gasteiger partial charge in [-0.2, -0.15) is 0 Å². The van der Waals surface area contributed by atoms with Crippen molar-refractivity contribution in [2.24, 2.45) is 0 Å². The van der Waals surface area contributed by atoms with E-state index in [4.69, 9.17) is 4.74 Å². The van der Waals surface area contributed by atoms with Gasteiger partial charge in [0.05, 0.1) is 4.88 Å². The first-order chi connectivity index (χ1) is 16.0. The van der Waals surface area contributed by atoms with Gasteiger partial charge >= 0.3 is 5.97 Å². The van der Waals surface area contributed by atoms with Crippen LogP contribution in [-0.2, 0) is 21.6 Å². The average molecular weight is 468 g/mol. The van der Waals surface area contributed by atoms with Gasteiger partial charge in [0.1, 0.15) is 5.82 Å². The minimum Gasteiger partial charge on any atom is -0.446 e. The molecular formula is C27H30FNO3S. The zero-order chi connectivity index (χ0) is 23.4. The highest BCUT2D eigenvalue weighted by atomic mass is 32.1. The fourth-order valence-corrected chi connectivity index (χ4v) is 5.83. The lowest BCUT2D eigenvalue weighted by Gasteiger charge is -2.39. The molecule has 33 heavy (non-hydrogen) atoms. The summed E-state index contributed by atoms with van der Waals surface area (Å²) in [5, 5.41) is 12.8. The number of nitrogens with zero attached hydrogens (tertiary/aromatic N) is 1. The molecule has 0 spiro atoms. The first-order valence-electron chi connectivity index (χ1n) is 11.5. The van der Waals surface area contributed by atoms with E-state index < -0.39 is 17.7 Å². The van der Waals surface area contributed by atoms with Crippen molar-refractivity contribution in [2.75, 3.05) is 13.1 Å². The Kier molecular flexibility index (Phi) is 7.27. The fraction of sp³-hybridized carbons (Fsp3) is 0.370. The van der Waals surface area contributed by atoms with E-state index in [0.717, 1.165) is 36.4 Å². The number of benzene rings is 2. The van der Waals surface area contributed by atoms with Crippen LogP contribution in [0, 0.1) is 5.82 Å². The topological polar surface area (TPSA) is 49.8 Å². The number of halogens is 1. The third-order valence-corrected chi connectivity index (χ3v) is 7.65. The highest BCUT2D eigenvalue weighted by molar-refractivity contribution is 7.10. The molecule has 1 N–H and O–H groups in total. The van der Waals surface area contributed by atoms with E-state index in [-0.39, 0.29) is 11.9 Å². The first kappa shape index (κ1) is 23.6. The lowest BCUT2D eigenvalue weighted by Crippen LogP contribution is -2.43. The summed E-state index contributed by atoms with van der Waals surface area (Å²) >= 11 is 1.49. The summed E-state index contributed by atoms with van der Waals surface area (Å²) in [5.41, 5.74) is 0.939. The maximum Gasteiger partial charge on any atom is 0.340 e. The third kappa shape index (κ3) is 4.74. The van der Waals surface area contributed by atoms with Crippen LogP contribution in [0.15, 0.2) is 66.0 Å². The largest absolute Gasteiger partial charge is 0.446 e. The standard InChI is InChI=1S/C27H30FNO3S/c1-3-29(4-2)22-15-13-19-12-14-21(28)17-23(19)27(18-22,24-11-8-16-33-24)32-26(31)25(30)20-9-6-5-7-10-20/h5-12,14,16-17,22,25,30H,3-4,13,15,18H2,1-2H3/t22-,25?,27-/m1/s1. The van der Waals surface area contributed by atoms with Gasteiger partial charge in [-0.05, 0) is 60.6 Å². The van der Waals surface area contributed by atoms with E-state index in [1.54, 1.807) is 30.3 Å². The third-order valence-electron chi connectivity index (χ3n) is 6.64. The minimum absolute atomic E-state index is 0.138.